The van der Waals surface area contributed by atoms with Crippen molar-refractivity contribution in [3.63, 3.8) is 0 Å². The molecule has 1 aliphatic carbocycles. The second-order valence-corrected chi connectivity index (χ2v) is 3.42. The van der Waals surface area contributed by atoms with E-state index in [2.05, 4.69) is 0 Å². The van der Waals surface area contributed by atoms with Gasteiger partial charge in [-0.25, -0.2) is 0 Å². The van der Waals surface area contributed by atoms with Crippen LogP contribution in [0.25, 0.3) is 0 Å². The highest BCUT2D eigenvalue weighted by Crippen LogP contribution is 2.37. The normalized spacial score (nSPS) is 41.7. The van der Waals surface area contributed by atoms with Crippen molar-refractivity contribution in [3.8, 4) is 0 Å². The first-order valence-electron chi connectivity index (χ1n) is 4.16. The zero-order valence-electron chi connectivity index (χ0n) is 6.12. The van der Waals surface area contributed by atoms with E-state index in [0.29, 0.717) is 6.10 Å². The Labute approximate surface area is 61.2 Å². The monoisotopic (exact) mass is 142 g/mol. The number of ether oxygens (including phenoxy) is 1. The molecule has 0 spiro atoms. The van der Waals surface area contributed by atoms with E-state index in [-0.39, 0.29) is 6.10 Å². The van der Waals surface area contributed by atoms with Gasteiger partial charge in [0, 0.05) is 6.61 Å². The molecule has 2 heteroatoms. The first-order chi connectivity index (χ1) is 4.86. The minimum absolute atomic E-state index is 0.0839. The molecule has 1 saturated carbocycles. The van der Waals surface area contributed by atoms with Crippen LogP contribution < -0.4 is 0 Å². The molecule has 0 unspecified atom stereocenters. The van der Waals surface area contributed by atoms with Crippen LogP contribution >= 0.6 is 0 Å². The summed E-state index contributed by atoms with van der Waals surface area (Å²) in [6.45, 7) is 0.766. The number of rotatable bonds is 1. The van der Waals surface area contributed by atoms with Crippen molar-refractivity contribution in [3.05, 3.63) is 0 Å². The maximum Gasteiger partial charge on any atom is 0.0627 e. The molecule has 58 valence electrons. The maximum absolute atomic E-state index is 9.28. The van der Waals surface area contributed by atoms with E-state index in [9.17, 15) is 5.11 Å². The molecule has 1 heterocycles. The molecule has 10 heavy (non-hydrogen) atoms. The number of hydrogen-bond donors (Lipinski definition) is 1. The van der Waals surface area contributed by atoms with Gasteiger partial charge in [0.2, 0.25) is 0 Å². The molecule has 2 aliphatic rings. The Morgan fingerprint density at radius 1 is 1.20 bits per heavy atom. The summed E-state index contributed by atoms with van der Waals surface area (Å²) in [7, 11) is 0. The van der Waals surface area contributed by atoms with Gasteiger partial charge < -0.3 is 9.84 Å². The van der Waals surface area contributed by atoms with Crippen molar-refractivity contribution in [1.29, 1.82) is 0 Å². The average molecular weight is 142 g/mol. The standard InChI is InChI=1S/C8H14O2/c9-7-3-4-10-8(5-7)6-1-2-6/h6-9H,1-5H2/t7-,8-/m0/s1. The van der Waals surface area contributed by atoms with Crippen LogP contribution in [0.4, 0.5) is 0 Å². The molecule has 0 aromatic heterocycles. The van der Waals surface area contributed by atoms with Crippen LogP contribution in [0.2, 0.25) is 0 Å². The molecule has 1 N–H and O–H groups in total. The highest BCUT2D eigenvalue weighted by atomic mass is 16.5. The van der Waals surface area contributed by atoms with Crippen molar-refractivity contribution in [2.75, 3.05) is 6.61 Å². The summed E-state index contributed by atoms with van der Waals surface area (Å²) in [5.74, 6) is 0.787. The Bertz CT molecular complexity index is 120. The third kappa shape index (κ3) is 1.32. The van der Waals surface area contributed by atoms with Crippen molar-refractivity contribution in [1.82, 2.24) is 0 Å². The lowest BCUT2D eigenvalue weighted by molar-refractivity contribution is -0.0526. The van der Waals surface area contributed by atoms with Crippen LogP contribution in [-0.2, 0) is 4.74 Å². The maximum atomic E-state index is 9.28. The highest BCUT2D eigenvalue weighted by Gasteiger charge is 2.35. The lowest BCUT2D eigenvalue weighted by atomic mass is 10.0. The third-order valence-corrected chi connectivity index (χ3v) is 2.44. The quantitative estimate of drug-likeness (QED) is 0.590. The van der Waals surface area contributed by atoms with Crippen molar-refractivity contribution in [2.45, 2.75) is 37.9 Å². The van der Waals surface area contributed by atoms with Gasteiger partial charge in [0.05, 0.1) is 12.2 Å². The van der Waals surface area contributed by atoms with Crippen molar-refractivity contribution < 1.29 is 9.84 Å². The van der Waals surface area contributed by atoms with Gasteiger partial charge in [-0.3, -0.25) is 0 Å². The van der Waals surface area contributed by atoms with E-state index >= 15 is 0 Å². The van der Waals surface area contributed by atoms with E-state index in [4.69, 9.17) is 4.74 Å². The molecule has 0 bridgehead atoms. The third-order valence-electron chi connectivity index (χ3n) is 2.44. The smallest absolute Gasteiger partial charge is 0.0627 e. The fraction of sp³-hybridized carbons (Fsp3) is 1.00. The fourth-order valence-electron chi connectivity index (χ4n) is 1.61. The lowest BCUT2D eigenvalue weighted by Gasteiger charge is -2.26. The zero-order valence-corrected chi connectivity index (χ0v) is 6.12. The van der Waals surface area contributed by atoms with Crippen LogP contribution in [0.3, 0.4) is 0 Å². The molecule has 0 amide bonds. The Kier molecular flexibility index (Phi) is 1.66. The Morgan fingerprint density at radius 2 is 2.00 bits per heavy atom. The summed E-state index contributed by atoms with van der Waals surface area (Å²) in [4.78, 5) is 0. The van der Waals surface area contributed by atoms with Crippen LogP contribution in [0.1, 0.15) is 25.7 Å². The van der Waals surface area contributed by atoms with Crippen LogP contribution in [-0.4, -0.2) is 23.9 Å². The summed E-state index contributed by atoms with van der Waals surface area (Å²) < 4.78 is 5.51. The van der Waals surface area contributed by atoms with Crippen LogP contribution in [0, 0.1) is 5.92 Å². The van der Waals surface area contributed by atoms with Gasteiger partial charge in [-0.05, 0) is 31.6 Å². The summed E-state index contributed by atoms with van der Waals surface area (Å²) in [6.07, 6.45) is 4.66. The minimum atomic E-state index is -0.0839. The summed E-state index contributed by atoms with van der Waals surface area (Å²) in [5.41, 5.74) is 0. The molecular weight excluding hydrogens is 128 g/mol. The Morgan fingerprint density at radius 3 is 2.60 bits per heavy atom. The molecule has 2 atom stereocenters. The molecule has 2 rings (SSSR count). The summed E-state index contributed by atoms with van der Waals surface area (Å²) >= 11 is 0. The predicted octanol–water partition coefficient (Wildman–Crippen LogP) is 0.936. The minimum Gasteiger partial charge on any atom is -0.393 e. The summed E-state index contributed by atoms with van der Waals surface area (Å²) in [6, 6.07) is 0. The molecule has 1 aliphatic heterocycles. The van der Waals surface area contributed by atoms with Crippen LogP contribution in [0.5, 0.6) is 0 Å². The van der Waals surface area contributed by atoms with E-state index in [1.807, 2.05) is 0 Å². The molecule has 2 fully saturated rings. The van der Waals surface area contributed by atoms with E-state index in [1.54, 1.807) is 0 Å². The highest BCUT2D eigenvalue weighted by molar-refractivity contribution is 4.85. The molecule has 0 radical (unpaired) electrons. The Hall–Kier alpha value is -0.0800. The van der Waals surface area contributed by atoms with Gasteiger partial charge in [0.15, 0.2) is 0 Å². The van der Waals surface area contributed by atoms with Gasteiger partial charge in [0.1, 0.15) is 0 Å². The van der Waals surface area contributed by atoms with E-state index in [0.717, 1.165) is 25.4 Å². The van der Waals surface area contributed by atoms with Gasteiger partial charge in [-0.1, -0.05) is 0 Å². The number of aliphatic hydroxyl groups is 1. The molecular formula is C8H14O2. The average Bonchev–Trinajstić information content (AvgIpc) is 2.68. The fourth-order valence-corrected chi connectivity index (χ4v) is 1.61. The van der Waals surface area contributed by atoms with Crippen molar-refractivity contribution >= 4 is 0 Å². The molecule has 0 aromatic carbocycles. The zero-order chi connectivity index (χ0) is 6.97. The van der Waals surface area contributed by atoms with Crippen LogP contribution in [0.15, 0.2) is 0 Å². The molecule has 0 aromatic rings. The molecule has 2 nitrogen and oxygen atoms in total. The van der Waals surface area contributed by atoms with E-state index < -0.39 is 0 Å². The first-order valence-corrected chi connectivity index (χ1v) is 4.16. The lowest BCUT2D eigenvalue weighted by Crippen LogP contribution is -2.30. The van der Waals surface area contributed by atoms with Gasteiger partial charge in [-0.2, -0.15) is 0 Å². The second-order valence-electron chi connectivity index (χ2n) is 3.42. The van der Waals surface area contributed by atoms with Gasteiger partial charge >= 0.3 is 0 Å². The van der Waals surface area contributed by atoms with Crippen molar-refractivity contribution in [2.24, 2.45) is 5.92 Å². The second kappa shape index (κ2) is 2.51. The SMILES string of the molecule is O[C@H]1CCO[C@H](C2CC2)C1. The first kappa shape index (κ1) is 6.62. The topological polar surface area (TPSA) is 29.5 Å². The Balaban J connectivity index is 1.84. The summed E-state index contributed by atoms with van der Waals surface area (Å²) in [5, 5.41) is 9.28. The van der Waals surface area contributed by atoms with E-state index in [1.165, 1.54) is 12.8 Å². The number of hydrogen-bond acceptors (Lipinski definition) is 2. The predicted molar refractivity (Wildman–Crippen MR) is 37.7 cm³/mol. The van der Waals surface area contributed by atoms with Gasteiger partial charge in [-0.15, -0.1) is 0 Å². The largest absolute Gasteiger partial charge is 0.393 e. The number of aliphatic hydroxyl groups excluding tert-OH is 1. The molecule has 1 saturated heterocycles. The van der Waals surface area contributed by atoms with Gasteiger partial charge in [0.25, 0.3) is 0 Å².